The molecule has 1 aromatic heterocycles. The van der Waals surface area contributed by atoms with E-state index >= 15 is 0 Å². The summed E-state index contributed by atoms with van der Waals surface area (Å²) in [5, 5.41) is 20.8. The van der Waals surface area contributed by atoms with Gasteiger partial charge in [0.1, 0.15) is 5.82 Å². The van der Waals surface area contributed by atoms with Crippen LogP contribution in [0.1, 0.15) is 38.2 Å². The molecular weight excluding hydrogens is 371 g/mol. The number of aromatic amines is 1. The second-order valence-electron chi connectivity index (χ2n) is 8.45. The molecule has 1 aromatic carbocycles. The van der Waals surface area contributed by atoms with Gasteiger partial charge in [-0.2, -0.15) is 5.10 Å². The molecule has 4 atom stereocenters. The maximum Gasteiger partial charge on any atom is 0.220 e. The molecule has 0 spiro atoms. The number of likely N-dealkylation sites (tertiary alicyclic amines) is 1. The molecular formula is C22H29FN4O2. The lowest BCUT2D eigenvalue weighted by Gasteiger charge is -2.35. The highest BCUT2D eigenvalue weighted by Crippen LogP contribution is 2.37. The molecule has 2 aliphatic rings. The molecule has 1 aliphatic carbocycles. The average Bonchev–Trinajstić information content (AvgIpc) is 3.29. The molecule has 0 bridgehead atoms. The lowest BCUT2D eigenvalue weighted by atomic mass is 9.77. The molecule has 29 heavy (non-hydrogen) atoms. The van der Waals surface area contributed by atoms with E-state index in [1.54, 1.807) is 12.1 Å². The number of H-pyrrole nitrogens is 1. The third-order valence-corrected chi connectivity index (χ3v) is 6.29. The minimum Gasteiger partial charge on any atom is -0.391 e. The SMILES string of the molecule is CCCC(=O)N[C@H]1C[C@H]2CN(Cc3cn[nH]c3-c3ccc(F)cc3)C[C@H]2C[C@@H]1O. The number of carbonyl (C=O) groups is 1. The van der Waals surface area contributed by atoms with Gasteiger partial charge in [0, 0.05) is 37.2 Å². The van der Waals surface area contributed by atoms with Crippen LogP contribution in [0.3, 0.4) is 0 Å². The lowest BCUT2D eigenvalue weighted by molar-refractivity contribution is -0.123. The van der Waals surface area contributed by atoms with Crippen molar-refractivity contribution in [1.29, 1.82) is 0 Å². The zero-order valence-electron chi connectivity index (χ0n) is 16.8. The second kappa shape index (κ2) is 8.63. The largest absolute Gasteiger partial charge is 0.391 e. The van der Waals surface area contributed by atoms with Gasteiger partial charge < -0.3 is 10.4 Å². The van der Waals surface area contributed by atoms with Gasteiger partial charge in [-0.15, -0.1) is 0 Å². The first-order valence-electron chi connectivity index (χ1n) is 10.5. The van der Waals surface area contributed by atoms with Gasteiger partial charge in [0.25, 0.3) is 0 Å². The number of nitrogens with zero attached hydrogens (tertiary/aromatic N) is 2. The molecule has 0 radical (unpaired) electrons. The van der Waals surface area contributed by atoms with Gasteiger partial charge in [0.05, 0.1) is 24.0 Å². The summed E-state index contributed by atoms with van der Waals surface area (Å²) in [5.74, 6) is 0.710. The minimum atomic E-state index is -0.472. The van der Waals surface area contributed by atoms with Crippen molar-refractivity contribution in [2.45, 2.75) is 51.3 Å². The highest BCUT2D eigenvalue weighted by atomic mass is 19.1. The highest BCUT2D eigenvalue weighted by molar-refractivity contribution is 5.76. The molecule has 1 saturated heterocycles. The third kappa shape index (κ3) is 4.51. The molecule has 2 heterocycles. The van der Waals surface area contributed by atoms with Crippen molar-refractivity contribution in [3.63, 3.8) is 0 Å². The molecule has 4 rings (SSSR count). The van der Waals surface area contributed by atoms with Gasteiger partial charge in [-0.25, -0.2) is 4.39 Å². The Morgan fingerprint density at radius 2 is 2.00 bits per heavy atom. The van der Waals surface area contributed by atoms with Crippen LogP contribution >= 0.6 is 0 Å². The van der Waals surface area contributed by atoms with Crippen LogP contribution in [0.25, 0.3) is 11.3 Å². The van der Waals surface area contributed by atoms with Gasteiger partial charge >= 0.3 is 0 Å². The number of halogens is 1. The fourth-order valence-corrected chi connectivity index (χ4v) is 4.86. The van der Waals surface area contributed by atoms with E-state index in [9.17, 15) is 14.3 Å². The van der Waals surface area contributed by atoms with Crippen LogP contribution < -0.4 is 5.32 Å². The first-order chi connectivity index (χ1) is 14.0. The number of benzene rings is 1. The molecule has 6 nitrogen and oxygen atoms in total. The topological polar surface area (TPSA) is 81.2 Å². The van der Waals surface area contributed by atoms with Crippen LogP contribution in [0.15, 0.2) is 30.5 Å². The van der Waals surface area contributed by atoms with E-state index in [2.05, 4.69) is 20.4 Å². The Balaban J connectivity index is 1.39. The molecule has 1 aliphatic heterocycles. The molecule has 2 fully saturated rings. The van der Waals surface area contributed by atoms with Crippen molar-refractivity contribution in [2.24, 2.45) is 11.8 Å². The number of hydrogen-bond acceptors (Lipinski definition) is 4. The zero-order chi connectivity index (χ0) is 20.4. The molecule has 1 amide bonds. The van der Waals surface area contributed by atoms with Crippen LogP contribution in [0.2, 0.25) is 0 Å². The first-order valence-corrected chi connectivity index (χ1v) is 10.5. The van der Waals surface area contributed by atoms with Crippen LogP contribution in [0.4, 0.5) is 4.39 Å². The Bertz CT molecular complexity index is 838. The number of carbonyl (C=O) groups excluding carboxylic acids is 1. The number of hydrogen-bond donors (Lipinski definition) is 3. The summed E-state index contributed by atoms with van der Waals surface area (Å²) in [6.45, 7) is 4.63. The monoisotopic (exact) mass is 400 g/mol. The Labute approximate surface area is 170 Å². The quantitative estimate of drug-likeness (QED) is 0.696. The number of amides is 1. The van der Waals surface area contributed by atoms with Crippen LogP contribution in [-0.4, -0.2) is 51.3 Å². The summed E-state index contributed by atoms with van der Waals surface area (Å²) in [7, 11) is 0. The Morgan fingerprint density at radius 3 is 2.72 bits per heavy atom. The number of nitrogens with one attached hydrogen (secondary N) is 2. The predicted octanol–water partition coefficient (Wildman–Crippen LogP) is 2.70. The Kier molecular flexibility index (Phi) is 5.96. The maximum absolute atomic E-state index is 13.2. The van der Waals surface area contributed by atoms with E-state index in [-0.39, 0.29) is 17.8 Å². The Hall–Kier alpha value is -2.25. The fourth-order valence-electron chi connectivity index (χ4n) is 4.86. The summed E-state index contributed by atoms with van der Waals surface area (Å²) in [6, 6.07) is 6.29. The number of aliphatic hydroxyl groups is 1. The molecule has 156 valence electrons. The predicted molar refractivity (Wildman–Crippen MR) is 108 cm³/mol. The van der Waals surface area contributed by atoms with Crippen molar-refractivity contribution in [2.75, 3.05) is 13.1 Å². The van der Waals surface area contributed by atoms with Crippen molar-refractivity contribution < 1.29 is 14.3 Å². The van der Waals surface area contributed by atoms with Gasteiger partial charge in [0.15, 0.2) is 0 Å². The van der Waals surface area contributed by atoms with Crippen molar-refractivity contribution in [3.8, 4) is 11.3 Å². The number of aliphatic hydroxyl groups excluding tert-OH is 1. The van der Waals surface area contributed by atoms with Crippen LogP contribution in [-0.2, 0) is 11.3 Å². The molecule has 0 unspecified atom stereocenters. The Morgan fingerprint density at radius 1 is 1.28 bits per heavy atom. The summed E-state index contributed by atoms with van der Waals surface area (Å²) >= 11 is 0. The molecule has 3 N–H and O–H groups in total. The highest BCUT2D eigenvalue weighted by Gasteiger charge is 2.42. The van der Waals surface area contributed by atoms with Gasteiger partial charge in [-0.1, -0.05) is 6.92 Å². The fraction of sp³-hybridized carbons (Fsp3) is 0.545. The second-order valence-corrected chi connectivity index (χ2v) is 8.45. The smallest absolute Gasteiger partial charge is 0.220 e. The van der Waals surface area contributed by atoms with Crippen molar-refractivity contribution in [1.82, 2.24) is 20.4 Å². The maximum atomic E-state index is 13.2. The number of aromatic nitrogens is 2. The normalized spacial score (nSPS) is 27.0. The molecule has 1 saturated carbocycles. The average molecular weight is 400 g/mol. The standard InChI is InChI=1S/C22H29FN4O2/c1-2-3-21(29)25-19-8-15-11-27(12-16(15)9-20(19)28)13-17-10-24-26-22(17)14-4-6-18(23)7-5-14/h4-7,10,15-16,19-20,28H,2-3,8-9,11-13H2,1H3,(H,24,26)(H,25,29)/t15-,16+,19-,20-/m0/s1. The van der Waals surface area contributed by atoms with E-state index in [0.717, 1.165) is 55.7 Å². The number of fused-ring (bicyclic) bond motifs is 1. The third-order valence-electron chi connectivity index (χ3n) is 6.29. The first kappa shape index (κ1) is 20.0. The van der Waals surface area contributed by atoms with E-state index < -0.39 is 6.10 Å². The van der Waals surface area contributed by atoms with Gasteiger partial charge in [-0.05, 0) is 55.4 Å². The van der Waals surface area contributed by atoms with Crippen LogP contribution in [0, 0.1) is 17.7 Å². The molecule has 2 aromatic rings. The summed E-state index contributed by atoms with van der Waals surface area (Å²) in [6.07, 6.45) is 4.25. The summed E-state index contributed by atoms with van der Waals surface area (Å²) in [5.41, 5.74) is 2.93. The van der Waals surface area contributed by atoms with Crippen LogP contribution in [0.5, 0.6) is 0 Å². The van der Waals surface area contributed by atoms with E-state index in [0.29, 0.717) is 18.3 Å². The van der Waals surface area contributed by atoms with Gasteiger partial charge in [0.2, 0.25) is 5.91 Å². The summed E-state index contributed by atoms with van der Waals surface area (Å²) < 4.78 is 13.2. The van der Waals surface area contributed by atoms with E-state index in [1.807, 2.05) is 13.1 Å². The summed E-state index contributed by atoms with van der Waals surface area (Å²) in [4.78, 5) is 14.4. The zero-order valence-corrected chi connectivity index (χ0v) is 16.8. The van der Waals surface area contributed by atoms with E-state index in [1.165, 1.54) is 12.1 Å². The van der Waals surface area contributed by atoms with Gasteiger partial charge in [-0.3, -0.25) is 14.8 Å². The minimum absolute atomic E-state index is 0.0344. The van der Waals surface area contributed by atoms with Crippen molar-refractivity contribution in [3.05, 3.63) is 41.8 Å². The lowest BCUT2D eigenvalue weighted by Crippen LogP contribution is -2.49. The van der Waals surface area contributed by atoms with E-state index in [4.69, 9.17) is 0 Å². The molecule has 7 heteroatoms. The number of rotatable bonds is 6. The van der Waals surface area contributed by atoms with Crippen molar-refractivity contribution >= 4 is 5.91 Å².